The van der Waals surface area contributed by atoms with Crippen LogP contribution >= 0.6 is 23.2 Å². The predicted molar refractivity (Wildman–Crippen MR) is 87.7 cm³/mol. The second kappa shape index (κ2) is 7.79. The fourth-order valence-corrected chi connectivity index (χ4v) is 2.72. The van der Waals surface area contributed by atoms with Crippen molar-refractivity contribution >= 4 is 23.2 Å². The highest BCUT2D eigenvalue weighted by molar-refractivity contribution is 6.31. The van der Waals surface area contributed by atoms with Gasteiger partial charge in [0, 0.05) is 11.1 Å². The van der Waals surface area contributed by atoms with Crippen molar-refractivity contribution in [1.29, 1.82) is 0 Å². The van der Waals surface area contributed by atoms with Crippen LogP contribution in [0.2, 0.25) is 10.0 Å². The molecular weight excluding hydrogens is 308 g/mol. The average molecular weight is 326 g/mol. The van der Waals surface area contributed by atoms with E-state index >= 15 is 0 Å². The van der Waals surface area contributed by atoms with Crippen molar-refractivity contribution in [3.05, 3.63) is 69.5 Å². The maximum Gasteiger partial charge on any atom is 0.142 e. The van der Waals surface area contributed by atoms with Crippen LogP contribution in [0.25, 0.3) is 0 Å². The van der Waals surface area contributed by atoms with Crippen LogP contribution in [-0.4, -0.2) is 12.6 Å². The molecule has 0 saturated heterocycles. The first kappa shape index (κ1) is 16.3. The molecule has 0 aliphatic carbocycles. The van der Waals surface area contributed by atoms with Crippen LogP contribution in [-0.2, 0) is 12.8 Å². The quantitative estimate of drug-likeness (QED) is 0.796. The van der Waals surface area contributed by atoms with Gasteiger partial charge in [0.05, 0.1) is 5.02 Å². The molecule has 0 radical (unpaired) electrons. The molecule has 1 unspecified atom stereocenters. The lowest BCUT2D eigenvalue weighted by Gasteiger charge is -2.19. The number of benzene rings is 2. The molecule has 2 aromatic carbocycles. The first-order chi connectivity index (χ1) is 10.1. The number of rotatable bonds is 6. The van der Waals surface area contributed by atoms with Crippen molar-refractivity contribution in [2.24, 2.45) is 0 Å². The molecule has 0 spiro atoms. The van der Waals surface area contributed by atoms with Gasteiger partial charge in [-0.1, -0.05) is 54.4 Å². The smallest absolute Gasteiger partial charge is 0.142 e. The molecule has 0 bridgehead atoms. The van der Waals surface area contributed by atoms with Gasteiger partial charge in [0.1, 0.15) is 5.82 Å². The van der Waals surface area contributed by atoms with Crippen molar-refractivity contribution in [1.82, 2.24) is 5.32 Å². The number of nitrogens with one attached hydrogen (secondary N) is 1. The van der Waals surface area contributed by atoms with Crippen LogP contribution in [0.5, 0.6) is 0 Å². The average Bonchev–Trinajstić information content (AvgIpc) is 2.46. The summed E-state index contributed by atoms with van der Waals surface area (Å²) in [6, 6.07) is 13.0. The molecule has 0 aliphatic heterocycles. The molecule has 0 aromatic heterocycles. The van der Waals surface area contributed by atoms with Crippen LogP contribution in [0.15, 0.2) is 42.5 Å². The van der Waals surface area contributed by atoms with Crippen LogP contribution < -0.4 is 5.32 Å². The first-order valence-electron chi connectivity index (χ1n) is 7.01. The predicted octanol–water partition coefficient (Wildman–Crippen LogP) is 4.90. The molecular formula is C17H18Cl2FN. The normalized spacial score (nSPS) is 12.4. The molecule has 2 aromatic rings. The van der Waals surface area contributed by atoms with E-state index in [1.54, 1.807) is 6.07 Å². The van der Waals surface area contributed by atoms with Gasteiger partial charge in [0.25, 0.3) is 0 Å². The van der Waals surface area contributed by atoms with Crippen molar-refractivity contribution in [2.45, 2.75) is 25.8 Å². The molecule has 1 atom stereocenters. The standard InChI is InChI=1S/C17H18Cl2FN/c1-2-21-14(11-13-5-3-4-6-15(13)18)9-12-7-8-16(19)17(20)10-12/h3-8,10,14,21H,2,9,11H2,1H3. The molecule has 0 aliphatic rings. The Kier molecular flexibility index (Phi) is 6.04. The Morgan fingerprint density at radius 2 is 1.81 bits per heavy atom. The fourth-order valence-electron chi connectivity index (χ4n) is 2.39. The molecule has 0 amide bonds. The van der Waals surface area contributed by atoms with E-state index in [-0.39, 0.29) is 16.9 Å². The second-order valence-electron chi connectivity index (χ2n) is 5.00. The molecule has 2 rings (SSSR count). The van der Waals surface area contributed by atoms with Gasteiger partial charge in [-0.3, -0.25) is 0 Å². The lowest BCUT2D eigenvalue weighted by Crippen LogP contribution is -2.33. The van der Waals surface area contributed by atoms with E-state index in [1.165, 1.54) is 6.07 Å². The van der Waals surface area contributed by atoms with E-state index in [2.05, 4.69) is 12.2 Å². The van der Waals surface area contributed by atoms with E-state index in [0.29, 0.717) is 0 Å². The van der Waals surface area contributed by atoms with Crippen molar-refractivity contribution in [3.63, 3.8) is 0 Å². The highest BCUT2D eigenvalue weighted by Gasteiger charge is 2.12. The second-order valence-corrected chi connectivity index (χ2v) is 5.82. The maximum absolute atomic E-state index is 13.5. The summed E-state index contributed by atoms with van der Waals surface area (Å²) in [5.41, 5.74) is 2.02. The van der Waals surface area contributed by atoms with Gasteiger partial charge in [-0.25, -0.2) is 4.39 Å². The summed E-state index contributed by atoms with van der Waals surface area (Å²) in [4.78, 5) is 0. The van der Waals surface area contributed by atoms with Crippen LogP contribution in [0.3, 0.4) is 0 Å². The molecule has 1 nitrogen and oxygen atoms in total. The monoisotopic (exact) mass is 325 g/mol. The largest absolute Gasteiger partial charge is 0.314 e. The molecule has 0 saturated carbocycles. The van der Waals surface area contributed by atoms with Crippen molar-refractivity contribution in [3.8, 4) is 0 Å². The molecule has 112 valence electrons. The van der Waals surface area contributed by atoms with E-state index in [9.17, 15) is 4.39 Å². The summed E-state index contributed by atoms with van der Waals surface area (Å²) in [5.74, 6) is -0.373. The molecule has 1 N–H and O–H groups in total. The van der Waals surface area contributed by atoms with Gasteiger partial charge in [0.2, 0.25) is 0 Å². The Labute approximate surface area is 135 Å². The van der Waals surface area contributed by atoms with Gasteiger partial charge in [-0.2, -0.15) is 0 Å². The summed E-state index contributed by atoms with van der Waals surface area (Å²) < 4.78 is 13.5. The molecule has 0 fully saturated rings. The minimum Gasteiger partial charge on any atom is -0.314 e. The topological polar surface area (TPSA) is 12.0 Å². The third-order valence-electron chi connectivity index (χ3n) is 3.38. The Bertz CT molecular complexity index is 601. The Balaban J connectivity index is 2.11. The van der Waals surface area contributed by atoms with Gasteiger partial charge in [-0.05, 0) is 48.7 Å². The highest BCUT2D eigenvalue weighted by Crippen LogP contribution is 2.20. The third kappa shape index (κ3) is 4.70. The fraction of sp³-hybridized carbons (Fsp3) is 0.294. The molecule has 4 heteroatoms. The van der Waals surface area contributed by atoms with Crippen LogP contribution in [0.4, 0.5) is 4.39 Å². The summed E-state index contributed by atoms with van der Waals surface area (Å²) in [5, 5.41) is 4.35. The van der Waals surface area contributed by atoms with E-state index in [0.717, 1.165) is 35.5 Å². The van der Waals surface area contributed by atoms with E-state index in [4.69, 9.17) is 23.2 Å². The van der Waals surface area contributed by atoms with Gasteiger partial charge in [-0.15, -0.1) is 0 Å². The van der Waals surface area contributed by atoms with Crippen LogP contribution in [0.1, 0.15) is 18.1 Å². The molecule has 0 heterocycles. The Morgan fingerprint density at radius 1 is 1.05 bits per heavy atom. The van der Waals surface area contributed by atoms with E-state index in [1.807, 2.05) is 30.3 Å². The Hall–Kier alpha value is -1.09. The lowest BCUT2D eigenvalue weighted by molar-refractivity contribution is 0.519. The minimum atomic E-state index is -0.373. The molecule has 21 heavy (non-hydrogen) atoms. The summed E-state index contributed by atoms with van der Waals surface area (Å²) >= 11 is 11.9. The number of likely N-dealkylation sites (N-methyl/N-ethyl adjacent to an activating group) is 1. The summed E-state index contributed by atoms with van der Waals surface area (Å²) in [7, 11) is 0. The van der Waals surface area contributed by atoms with E-state index < -0.39 is 0 Å². The van der Waals surface area contributed by atoms with Gasteiger partial charge >= 0.3 is 0 Å². The third-order valence-corrected chi connectivity index (χ3v) is 4.06. The summed E-state index contributed by atoms with van der Waals surface area (Å²) in [6.07, 6.45) is 1.53. The van der Waals surface area contributed by atoms with Crippen LogP contribution in [0, 0.1) is 5.82 Å². The number of halogens is 3. The van der Waals surface area contributed by atoms with Gasteiger partial charge in [0.15, 0.2) is 0 Å². The summed E-state index contributed by atoms with van der Waals surface area (Å²) in [6.45, 7) is 2.91. The minimum absolute atomic E-state index is 0.157. The van der Waals surface area contributed by atoms with Crippen molar-refractivity contribution < 1.29 is 4.39 Å². The zero-order valence-corrected chi connectivity index (χ0v) is 13.4. The van der Waals surface area contributed by atoms with Gasteiger partial charge < -0.3 is 5.32 Å². The zero-order valence-electron chi connectivity index (χ0n) is 11.9. The Morgan fingerprint density at radius 3 is 2.48 bits per heavy atom. The SMILES string of the molecule is CCNC(Cc1ccc(Cl)c(F)c1)Cc1ccccc1Cl. The number of hydrogen-bond acceptors (Lipinski definition) is 1. The lowest BCUT2D eigenvalue weighted by atomic mass is 9.99. The van der Waals surface area contributed by atoms with Crippen molar-refractivity contribution in [2.75, 3.05) is 6.54 Å². The zero-order chi connectivity index (χ0) is 15.2. The first-order valence-corrected chi connectivity index (χ1v) is 7.76. The number of hydrogen-bond donors (Lipinski definition) is 1. The highest BCUT2D eigenvalue weighted by atomic mass is 35.5. The maximum atomic E-state index is 13.5.